The molecule has 1 aromatic heterocycles. The summed E-state index contributed by atoms with van der Waals surface area (Å²) >= 11 is 1.86. The Hall–Kier alpha value is -1.40. The van der Waals surface area contributed by atoms with Crippen LogP contribution < -0.4 is 5.32 Å². The second kappa shape index (κ2) is 5.30. The fourth-order valence-electron chi connectivity index (χ4n) is 2.08. The maximum Gasteiger partial charge on any atom is 0.244 e. The molecule has 4 nitrogen and oxygen atoms in total. The number of nitrogens with zero attached hydrogens (tertiary/aromatic N) is 2. The Labute approximate surface area is 114 Å². The highest BCUT2D eigenvalue weighted by Gasteiger charge is 2.21. The van der Waals surface area contributed by atoms with E-state index in [1.165, 1.54) is 12.1 Å². The number of hydrogen-bond donors (Lipinski definition) is 1. The Kier molecular flexibility index (Phi) is 3.52. The van der Waals surface area contributed by atoms with Crippen LogP contribution in [-0.2, 0) is 0 Å². The van der Waals surface area contributed by atoms with Crippen LogP contribution in [0.1, 0.15) is 17.5 Å². The molecule has 0 spiro atoms. The fraction of sp³-hybridized carbons (Fsp3) is 0.385. The number of aromatic nitrogens is 2. The van der Waals surface area contributed by atoms with Gasteiger partial charge in [-0.05, 0) is 30.7 Å². The normalized spacial score (nSPS) is 19.6. The van der Waals surface area contributed by atoms with Crippen LogP contribution in [-0.4, -0.2) is 28.2 Å². The molecule has 0 aliphatic carbocycles. The summed E-state index contributed by atoms with van der Waals surface area (Å²) in [7, 11) is 0. The van der Waals surface area contributed by atoms with E-state index in [9.17, 15) is 4.39 Å². The number of hydrogen-bond acceptors (Lipinski definition) is 5. The van der Waals surface area contributed by atoms with Crippen molar-refractivity contribution in [3.05, 3.63) is 35.5 Å². The predicted octanol–water partition coefficient (Wildman–Crippen LogP) is 2.56. The first-order valence-electron chi connectivity index (χ1n) is 6.15. The van der Waals surface area contributed by atoms with Crippen molar-refractivity contribution in [1.29, 1.82) is 0 Å². The molecule has 1 fully saturated rings. The zero-order chi connectivity index (χ0) is 13.2. The molecule has 0 saturated carbocycles. The lowest BCUT2D eigenvalue weighted by Crippen LogP contribution is -2.30. The van der Waals surface area contributed by atoms with Crippen molar-refractivity contribution in [3.8, 4) is 11.4 Å². The molecule has 2 heterocycles. The van der Waals surface area contributed by atoms with E-state index >= 15 is 0 Å². The molecule has 0 amide bonds. The van der Waals surface area contributed by atoms with E-state index in [0.717, 1.165) is 23.6 Å². The number of halogens is 1. The van der Waals surface area contributed by atoms with Gasteiger partial charge in [-0.1, -0.05) is 5.16 Å². The third-order valence-corrected chi connectivity index (χ3v) is 4.02. The predicted molar refractivity (Wildman–Crippen MR) is 72.5 cm³/mol. The lowest BCUT2D eigenvalue weighted by molar-refractivity contribution is 0.342. The Balaban J connectivity index is 1.87. The molecule has 1 atom stereocenters. The molecule has 0 bridgehead atoms. The van der Waals surface area contributed by atoms with Gasteiger partial charge >= 0.3 is 0 Å². The molecule has 1 unspecified atom stereocenters. The average molecular weight is 279 g/mol. The first-order valence-corrected chi connectivity index (χ1v) is 7.30. The van der Waals surface area contributed by atoms with Gasteiger partial charge < -0.3 is 9.84 Å². The zero-order valence-electron chi connectivity index (χ0n) is 10.5. The van der Waals surface area contributed by atoms with Gasteiger partial charge in [-0.3, -0.25) is 0 Å². The Morgan fingerprint density at radius 3 is 3.05 bits per heavy atom. The van der Waals surface area contributed by atoms with E-state index < -0.39 is 0 Å². The Bertz CT molecular complexity index is 561. The lowest BCUT2D eigenvalue weighted by Gasteiger charge is -2.19. The highest BCUT2D eigenvalue weighted by Crippen LogP contribution is 2.24. The van der Waals surface area contributed by atoms with Crippen molar-refractivity contribution in [2.75, 3.05) is 18.1 Å². The first kappa shape index (κ1) is 12.6. The van der Waals surface area contributed by atoms with Crippen LogP contribution in [0.25, 0.3) is 11.4 Å². The summed E-state index contributed by atoms with van der Waals surface area (Å²) in [5, 5.41) is 7.27. The second-order valence-electron chi connectivity index (χ2n) is 4.56. The molecule has 1 saturated heterocycles. The van der Waals surface area contributed by atoms with Crippen molar-refractivity contribution in [1.82, 2.24) is 15.5 Å². The smallest absolute Gasteiger partial charge is 0.244 e. The molecule has 0 radical (unpaired) electrons. The van der Waals surface area contributed by atoms with Crippen LogP contribution in [0, 0.1) is 12.7 Å². The van der Waals surface area contributed by atoms with Crippen LogP contribution >= 0.6 is 11.8 Å². The van der Waals surface area contributed by atoms with Gasteiger partial charge in [0.05, 0.1) is 6.04 Å². The van der Waals surface area contributed by atoms with Crippen molar-refractivity contribution in [3.63, 3.8) is 0 Å². The van der Waals surface area contributed by atoms with Gasteiger partial charge in [0, 0.05) is 23.6 Å². The van der Waals surface area contributed by atoms with Crippen LogP contribution in [0.4, 0.5) is 4.39 Å². The molecule has 1 aliphatic heterocycles. The van der Waals surface area contributed by atoms with Gasteiger partial charge in [0.1, 0.15) is 5.82 Å². The minimum atomic E-state index is -0.285. The van der Waals surface area contributed by atoms with Crippen molar-refractivity contribution >= 4 is 11.8 Å². The van der Waals surface area contributed by atoms with Gasteiger partial charge in [-0.15, -0.1) is 0 Å². The molecule has 3 rings (SSSR count). The molecule has 1 aliphatic rings. The molecular weight excluding hydrogens is 265 g/mol. The third-order valence-electron chi connectivity index (χ3n) is 2.96. The average Bonchev–Trinajstić information content (AvgIpc) is 2.88. The van der Waals surface area contributed by atoms with E-state index in [0.29, 0.717) is 17.3 Å². The zero-order valence-corrected chi connectivity index (χ0v) is 11.3. The molecule has 1 N–H and O–H groups in total. The summed E-state index contributed by atoms with van der Waals surface area (Å²) in [6.07, 6.45) is 0. The number of aryl methyl sites for hydroxylation is 1. The van der Waals surface area contributed by atoms with E-state index in [4.69, 9.17) is 4.52 Å². The molecule has 19 heavy (non-hydrogen) atoms. The largest absolute Gasteiger partial charge is 0.337 e. The van der Waals surface area contributed by atoms with Gasteiger partial charge in [-0.2, -0.15) is 16.7 Å². The minimum absolute atomic E-state index is 0.0923. The molecule has 1 aromatic carbocycles. The van der Waals surface area contributed by atoms with Crippen molar-refractivity contribution in [2.45, 2.75) is 13.0 Å². The van der Waals surface area contributed by atoms with Crippen LogP contribution in [0.3, 0.4) is 0 Å². The third kappa shape index (κ3) is 2.79. The summed E-state index contributed by atoms with van der Waals surface area (Å²) in [5.41, 5.74) is 1.49. The van der Waals surface area contributed by atoms with Crippen LogP contribution in [0.15, 0.2) is 22.7 Å². The second-order valence-corrected chi connectivity index (χ2v) is 5.70. The Morgan fingerprint density at radius 2 is 2.32 bits per heavy atom. The van der Waals surface area contributed by atoms with Gasteiger partial charge in [-0.25, -0.2) is 4.39 Å². The summed E-state index contributed by atoms with van der Waals surface area (Å²) in [6.45, 7) is 2.78. The summed E-state index contributed by atoms with van der Waals surface area (Å²) in [4.78, 5) is 4.37. The van der Waals surface area contributed by atoms with Crippen LogP contribution in [0.5, 0.6) is 0 Å². The van der Waals surface area contributed by atoms with E-state index in [2.05, 4.69) is 15.5 Å². The number of rotatable bonds is 2. The number of nitrogens with one attached hydrogen (secondary N) is 1. The van der Waals surface area contributed by atoms with Crippen molar-refractivity contribution in [2.24, 2.45) is 0 Å². The number of benzene rings is 1. The molecule has 100 valence electrons. The standard InChI is InChI=1S/C13H14FN3OS/c1-8-4-9(6-10(14)5-8)12-16-13(18-17-12)11-7-19-3-2-15-11/h4-6,11,15H,2-3,7H2,1H3. The molecular formula is C13H14FN3OS. The summed E-state index contributed by atoms with van der Waals surface area (Å²) in [6, 6.07) is 4.84. The van der Waals surface area contributed by atoms with Gasteiger partial charge in [0.15, 0.2) is 0 Å². The summed E-state index contributed by atoms with van der Waals surface area (Å²) in [5.74, 6) is 2.75. The van der Waals surface area contributed by atoms with Crippen LogP contribution in [0.2, 0.25) is 0 Å². The maximum atomic E-state index is 13.4. The topological polar surface area (TPSA) is 51.0 Å². The molecule has 6 heteroatoms. The van der Waals surface area contributed by atoms with Crippen molar-refractivity contribution < 1.29 is 8.91 Å². The highest BCUT2D eigenvalue weighted by atomic mass is 32.2. The minimum Gasteiger partial charge on any atom is -0.337 e. The lowest BCUT2D eigenvalue weighted by atomic mass is 10.1. The molecule has 2 aromatic rings. The van der Waals surface area contributed by atoms with Gasteiger partial charge in [0.2, 0.25) is 11.7 Å². The maximum absolute atomic E-state index is 13.4. The van der Waals surface area contributed by atoms with E-state index in [-0.39, 0.29) is 11.9 Å². The Morgan fingerprint density at radius 1 is 1.42 bits per heavy atom. The fourth-order valence-corrected chi connectivity index (χ4v) is 3.01. The first-order chi connectivity index (χ1) is 9.22. The van der Waals surface area contributed by atoms with E-state index in [1.807, 2.05) is 24.8 Å². The SMILES string of the molecule is Cc1cc(F)cc(-c2noc(C3CSCCN3)n2)c1. The highest BCUT2D eigenvalue weighted by molar-refractivity contribution is 7.99. The quantitative estimate of drug-likeness (QED) is 0.915. The van der Waals surface area contributed by atoms with Gasteiger partial charge in [0.25, 0.3) is 0 Å². The number of thioether (sulfide) groups is 1. The monoisotopic (exact) mass is 279 g/mol. The summed E-state index contributed by atoms with van der Waals surface area (Å²) < 4.78 is 18.7. The van der Waals surface area contributed by atoms with E-state index in [1.54, 1.807) is 0 Å².